The molecule has 0 nitrogen and oxygen atoms in total. The molecular weight excluding hydrogens is 96.1 g/mol. The minimum atomic E-state index is 1.09. The van der Waals surface area contributed by atoms with Crippen LogP contribution in [0.25, 0.3) is 0 Å². The van der Waals surface area contributed by atoms with Crippen molar-refractivity contribution in [2.24, 2.45) is 0 Å². The van der Waals surface area contributed by atoms with Gasteiger partial charge in [-0.3, -0.25) is 0 Å². The second kappa shape index (κ2) is 2.51. The van der Waals surface area contributed by atoms with Crippen molar-refractivity contribution >= 4 is 0 Å². The molecule has 42 valence electrons. The van der Waals surface area contributed by atoms with Crippen LogP contribution in [-0.2, 0) is 0 Å². The van der Waals surface area contributed by atoms with Crippen LogP contribution in [0.1, 0.15) is 13.3 Å². The van der Waals surface area contributed by atoms with Crippen LogP contribution in [0, 0.1) is 0 Å². The molecule has 0 saturated carbocycles. The van der Waals surface area contributed by atoms with Crippen molar-refractivity contribution in [3.8, 4) is 0 Å². The Hall–Kier alpha value is -0.780. The molecule has 0 bridgehead atoms. The lowest BCUT2D eigenvalue weighted by molar-refractivity contribution is 1.33. The van der Waals surface area contributed by atoms with Crippen LogP contribution in [0.15, 0.2) is 36.0 Å². The summed E-state index contributed by atoms with van der Waals surface area (Å²) in [7, 11) is 0. The van der Waals surface area contributed by atoms with Crippen LogP contribution in [0.2, 0.25) is 0 Å². The Balaban J connectivity index is 2.69. The quantitative estimate of drug-likeness (QED) is 0.445. The highest BCUT2D eigenvalue weighted by Gasteiger charge is 1.85. The predicted molar refractivity (Wildman–Crippen MR) is 36.7 cm³/mol. The highest BCUT2D eigenvalue weighted by atomic mass is 13.9. The maximum absolute atomic E-state index is 2.16. The van der Waals surface area contributed by atoms with E-state index < -0.39 is 0 Å². The number of hydrogen-bond acceptors (Lipinski definition) is 0. The summed E-state index contributed by atoms with van der Waals surface area (Å²) in [6, 6.07) is 0. The molecule has 8 heavy (non-hydrogen) atoms. The number of hydrogen-bond donors (Lipinski definition) is 0. The van der Waals surface area contributed by atoms with Gasteiger partial charge in [-0.25, -0.2) is 0 Å². The van der Waals surface area contributed by atoms with E-state index in [1.54, 1.807) is 0 Å². The van der Waals surface area contributed by atoms with E-state index in [1.165, 1.54) is 5.57 Å². The maximum atomic E-state index is 2.16. The molecule has 0 atom stereocenters. The predicted octanol–water partition coefficient (Wildman–Crippen LogP) is 2.45. The molecule has 0 aromatic heterocycles. The summed E-state index contributed by atoms with van der Waals surface area (Å²) in [4.78, 5) is 0. The summed E-state index contributed by atoms with van der Waals surface area (Å²) in [6.07, 6.45) is 11.8. The van der Waals surface area contributed by atoms with Gasteiger partial charge in [0.05, 0.1) is 0 Å². The highest BCUT2D eigenvalue weighted by molar-refractivity contribution is 5.33. The van der Waals surface area contributed by atoms with Crippen molar-refractivity contribution in [2.45, 2.75) is 13.3 Å². The molecule has 1 aliphatic carbocycles. The summed E-state index contributed by atoms with van der Waals surface area (Å²) in [5.74, 6) is 0. The minimum Gasteiger partial charge on any atom is -0.0804 e. The molecule has 0 aromatic rings. The molecular formula is C8H10. The third kappa shape index (κ3) is 1.09. The van der Waals surface area contributed by atoms with Crippen LogP contribution in [0.3, 0.4) is 0 Å². The van der Waals surface area contributed by atoms with Gasteiger partial charge in [-0.15, -0.1) is 0 Å². The van der Waals surface area contributed by atoms with Crippen LogP contribution in [-0.4, -0.2) is 0 Å². The Morgan fingerprint density at radius 3 is 2.38 bits per heavy atom. The van der Waals surface area contributed by atoms with Gasteiger partial charge in [0.25, 0.3) is 0 Å². The average Bonchev–Trinajstić information content (AvgIpc) is 1.90. The Morgan fingerprint density at radius 1 is 1.38 bits per heavy atom. The van der Waals surface area contributed by atoms with Gasteiger partial charge in [-0.2, -0.15) is 0 Å². The molecule has 0 N–H and O–H groups in total. The third-order valence-corrected chi connectivity index (χ3v) is 1.23. The molecule has 0 fully saturated rings. The third-order valence-electron chi connectivity index (χ3n) is 1.23. The summed E-state index contributed by atoms with van der Waals surface area (Å²) < 4.78 is 0. The zero-order valence-corrected chi connectivity index (χ0v) is 5.09. The van der Waals surface area contributed by atoms with E-state index >= 15 is 0 Å². The first kappa shape index (κ1) is 5.36. The largest absolute Gasteiger partial charge is 0.0804 e. The molecule has 1 rings (SSSR count). The standard InChI is InChI=1S/C8H10/c1-2-8-6-4-3-5-7-8/h2,4-7H,3H2,1H3. The van der Waals surface area contributed by atoms with Gasteiger partial charge in [0, 0.05) is 0 Å². The zero-order valence-electron chi connectivity index (χ0n) is 5.09. The van der Waals surface area contributed by atoms with Crippen molar-refractivity contribution in [2.75, 3.05) is 0 Å². The maximum Gasteiger partial charge on any atom is -0.0163 e. The minimum absolute atomic E-state index is 1.09. The smallest absolute Gasteiger partial charge is 0.0163 e. The van der Waals surface area contributed by atoms with Gasteiger partial charge in [-0.1, -0.05) is 30.4 Å². The van der Waals surface area contributed by atoms with E-state index in [-0.39, 0.29) is 0 Å². The van der Waals surface area contributed by atoms with Crippen LogP contribution < -0.4 is 0 Å². The Labute approximate surface area is 50.2 Å². The van der Waals surface area contributed by atoms with Gasteiger partial charge in [0.1, 0.15) is 0 Å². The van der Waals surface area contributed by atoms with Gasteiger partial charge in [0.2, 0.25) is 0 Å². The first-order chi connectivity index (χ1) is 3.93. The Bertz CT molecular complexity index is 133. The zero-order chi connectivity index (χ0) is 5.82. The summed E-state index contributed by atoms with van der Waals surface area (Å²) in [6.45, 7) is 2.05. The number of rotatable bonds is 0. The van der Waals surface area contributed by atoms with Gasteiger partial charge < -0.3 is 0 Å². The van der Waals surface area contributed by atoms with E-state index in [4.69, 9.17) is 0 Å². The van der Waals surface area contributed by atoms with Crippen molar-refractivity contribution in [3.63, 3.8) is 0 Å². The molecule has 0 amide bonds. The summed E-state index contributed by atoms with van der Waals surface area (Å²) in [5.41, 5.74) is 1.32. The molecule has 0 aromatic carbocycles. The van der Waals surface area contributed by atoms with Crippen LogP contribution >= 0.6 is 0 Å². The fourth-order valence-corrected chi connectivity index (χ4v) is 0.735. The Kier molecular flexibility index (Phi) is 1.68. The summed E-state index contributed by atoms with van der Waals surface area (Å²) in [5, 5.41) is 0. The van der Waals surface area contributed by atoms with Gasteiger partial charge >= 0.3 is 0 Å². The van der Waals surface area contributed by atoms with Crippen LogP contribution in [0.5, 0.6) is 0 Å². The lowest BCUT2D eigenvalue weighted by atomic mass is 10.1. The lowest BCUT2D eigenvalue weighted by Crippen LogP contribution is -1.74. The van der Waals surface area contributed by atoms with Crippen LogP contribution in [0.4, 0.5) is 0 Å². The fourth-order valence-electron chi connectivity index (χ4n) is 0.735. The second-order valence-corrected chi connectivity index (χ2v) is 1.83. The SMILES string of the molecule is CC=C1C=CCC=C1. The van der Waals surface area contributed by atoms with E-state index in [1.807, 2.05) is 0 Å². The normalized spacial score (nSPS) is 16.9. The molecule has 1 aliphatic rings. The molecule has 0 unspecified atom stereocenters. The molecule has 0 aliphatic heterocycles. The molecule has 0 spiro atoms. The fraction of sp³-hybridized carbons (Fsp3) is 0.250. The first-order valence-corrected chi connectivity index (χ1v) is 2.93. The van der Waals surface area contributed by atoms with E-state index in [2.05, 4.69) is 37.3 Å². The molecule has 0 heteroatoms. The van der Waals surface area contributed by atoms with Crippen molar-refractivity contribution in [1.29, 1.82) is 0 Å². The number of allylic oxidation sites excluding steroid dienone is 6. The van der Waals surface area contributed by atoms with Crippen molar-refractivity contribution in [1.82, 2.24) is 0 Å². The summed E-state index contributed by atoms with van der Waals surface area (Å²) >= 11 is 0. The second-order valence-electron chi connectivity index (χ2n) is 1.83. The van der Waals surface area contributed by atoms with Crippen molar-refractivity contribution in [3.05, 3.63) is 36.0 Å². The molecule has 0 heterocycles. The van der Waals surface area contributed by atoms with Gasteiger partial charge in [0.15, 0.2) is 0 Å². The van der Waals surface area contributed by atoms with Crippen molar-refractivity contribution < 1.29 is 0 Å². The molecule has 0 saturated heterocycles. The molecule has 0 radical (unpaired) electrons. The average molecular weight is 106 g/mol. The Morgan fingerprint density at radius 2 is 2.00 bits per heavy atom. The topological polar surface area (TPSA) is 0 Å². The highest BCUT2D eigenvalue weighted by Crippen LogP contribution is 2.06. The van der Waals surface area contributed by atoms with E-state index in [0.29, 0.717) is 0 Å². The lowest BCUT2D eigenvalue weighted by Gasteiger charge is -1.95. The first-order valence-electron chi connectivity index (χ1n) is 2.93. The van der Waals surface area contributed by atoms with Gasteiger partial charge in [-0.05, 0) is 18.9 Å². The van der Waals surface area contributed by atoms with E-state index in [0.717, 1.165) is 6.42 Å². The van der Waals surface area contributed by atoms with E-state index in [9.17, 15) is 0 Å². The monoisotopic (exact) mass is 106 g/mol.